The van der Waals surface area contributed by atoms with Gasteiger partial charge >= 0.3 is 12.2 Å². The van der Waals surface area contributed by atoms with E-state index in [4.69, 9.17) is 19.4 Å². The first-order valence-electron chi connectivity index (χ1n) is 24.5. The van der Waals surface area contributed by atoms with Crippen LogP contribution >= 0.6 is 0 Å². The van der Waals surface area contributed by atoms with Crippen LogP contribution in [0.2, 0.25) is 0 Å². The van der Waals surface area contributed by atoms with Gasteiger partial charge in [0, 0.05) is 35.1 Å². The lowest BCUT2D eigenvalue weighted by Gasteiger charge is -2.29. The van der Waals surface area contributed by atoms with Crippen LogP contribution in [0.1, 0.15) is 115 Å². The Morgan fingerprint density at radius 3 is 1.80 bits per heavy atom. The molecule has 0 saturated carbocycles. The number of imidazole rings is 2. The molecule has 2 fully saturated rings. The van der Waals surface area contributed by atoms with Gasteiger partial charge in [-0.15, -0.1) is 0 Å². The fourth-order valence-electron chi connectivity index (χ4n) is 9.75. The third-order valence-corrected chi connectivity index (χ3v) is 12.9. The number of H-pyrrole nitrogens is 3. The maximum absolute atomic E-state index is 14.4. The lowest BCUT2D eigenvalue weighted by molar-refractivity contribution is -0.135. The van der Waals surface area contributed by atoms with Crippen LogP contribution in [0.25, 0.3) is 55.8 Å². The first kappa shape index (κ1) is 48.3. The summed E-state index contributed by atoms with van der Waals surface area (Å²) in [5.41, 5.74) is 9.09. The molecule has 5 heterocycles. The standard InChI is InChI=1S/C56H63N9O6/c1-33-15-12-18-39(29-33)46-40-30-38(43-32-58-50(62-43)45-20-14-28-65(45)52(67)48(36-16-10-9-11-17-36)63-54(69)71-56(6,7)8)25-26-41(40)60-47(46)37-23-21-35(22-24-37)42-31-57-49(61-42)44-19-13-27-64(44)51(66)34(2)59-53(68)70-55(3,4)5/h9-12,15-18,21-26,29-32,34,44-45,48,60H,13-14,19-20,27-28H2,1-8H3,(H,57,61)(H,58,62)(H,59,68)(H,63,69)/t34-,44+,45+,48-/m1/s1. The fraction of sp³-hybridized carbons (Fsp3) is 0.357. The Morgan fingerprint density at radius 2 is 1.20 bits per heavy atom. The second kappa shape index (κ2) is 19.6. The molecule has 0 radical (unpaired) electrons. The van der Waals surface area contributed by atoms with E-state index in [9.17, 15) is 19.2 Å². The minimum atomic E-state index is -0.931. The Bertz CT molecular complexity index is 3070. The number of amides is 4. The van der Waals surface area contributed by atoms with Gasteiger partial charge in [0.1, 0.15) is 34.9 Å². The Balaban J connectivity index is 0.960. The van der Waals surface area contributed by atoms with Crippen LogP contribution in [0.5, 0.6) is 0 Å². The summed E-state index contributed by atoms with van der Waals surface area (Å²) in [4.78, 5) is 77.4. The van der Waals surface area contributed by atoms with Crippen molar-refractivity contribution in [3.05, 3.63) is 132 Å². The topological polar surface area (TPSA) is 190 Å². The SMILES string of the molecule is Cc1cccc(-c2c(-c3ccc(-c4cnc([C@@H]5CCCN5C(=O)[C@@H](C)NC(=O)OC(C)(C)C)[nH]4)cc3)[nH]c3ccc(-c4cnc([C@@H]5CCCN5C(=O)[C@H](NC(=O)OC(C)(C)C)c5ccccc5)[nH]4)cc23)c1. The lowest BCUT2D eigenvalue weighted by Crippen LogP contribution is -2.48. The molecule has 5 N–H and O–H groups in total. The maximum atomic E-state index is 14.4. The van der Waals surface area contributed by atoms with Crippen LogP contribution in [0.4, 0.5) is 9.59 Å². The zero-order chi connectivity index (χ0) is 50.2. The number of hydrogen-bond acceptors (Lipinski definition) is 8. The van der Waals surface area contributed by atoms with E-state index in [-0.39, 0.29) is 23.9 Å². The number of aromatic nitrogens is 5. The quantitative estimate of drug-likeness (QED) is 0.0846. The third kappa shape index (κ3) is 10.7. The predicted molar refractivity (Wildman–Crippen MR) is 274 cm³/mol. The number of carbonyl (C=O) groups excluding carboxylic acids is 4. The number of alkyl carbamates (subject to hydrolysis) is 2. The smallest absolute Gasteiger partial charge is 0.408 e. The summed E-state index contributed by atoms with van der Waals surface area (Å²) in [7, 11) is 0. The van der Waals surface area contributed by atoms with Crippen molar-refractivity contribution < 1.29 is 28.7 Å². The van der Waals surface area contributed by atoms with E-state index < -0.39 is 35.5 Å². The molecule has 4 atom stereocenters. The largest absolute Gasteiger partial charge is 0.444 e. The Hall–Kier alpha value is -7.68. The zero-order valence-corrected chi connectivity index (χ0v) is 41.7. The van der Waals surface area contributed by atoms with Crippen molar-refractivity contribution in [3.63, 3.8) is 0 Å². The molecule has 0 bridgehead atoms. The molecule has 2 aliphatic heterocycles. The van der Waals surface area contributed by atoms with Crippen molar-refractivity contribution in [3.8, 4) is 44.9 Å². The highest BCUT2D eigenvalue weighted by Gasteiger charge is 2.38. The second-order valence-corrected chi connectivity index (χ2v) is 20.7. The predicted octanol–water partition coefficient (Wildman–Crippen LogP) is 11.1. The molecule has 0 spiro atoms. The number of ether oxygens (including phenoxy) is 2. The molecular formula is C56H63N9O6. The number of nitrogens with zero attached hydrogens (tertiary/aromatic N) is 4. The molecule has 15 nitrogen and oxygen atoms in total. The van der Waals surface area contributed by atoms with E-state index in [1.54, 1.807) is 53.4 Å². The van der Waals surface area contributed by atoms with Crippen molar-refractivity contribution in [2.75, 3.05) is 13.1 Å². The summed E-state index contributed by atoms with van der Waals surface area (Å²) in [5, 5.41) is 6.58. The van der Waals surface area contributed by atoms with Crippen molar-refractivity contribution >= 4 is 34.9 Å². The number of likely N-dealkylation sites (tertiary alicyclic amines) is 2. The highest BCUT2D eigenvalue weighted by atomic mass is 16.6. The Kier molecular flexibility index (Phi) is 13.4. The lowest BCUT2D eigenvalue weighted by atomic mass is 9.95. The number of aromatic amines is 3. The monoisotopic (exact) mass is 957 g/mol. The van der Waals surface area contributed by atoms with E-state index in [1.807, 2.05) is 47.6 Å². The first-order valence-corrected chi connectivity index (χ1v) is 24.5. The normalized spacial score (nSPS) is 17.0. The van der Waals surface area contributed by atoms with Crippen LogP contribution in [0.3, 0.4) is 0 Å². The van der Waals surface area contributed by atoms with Crippen LogP contribution in [-0.4, -0.2) is 89.1 Å². The van der Waals surface area contributed by atoms with Crippen LogP contribution in [-0.2, 0) is 19.1 Å². The van der Waals surface area contributed by atoms with E-state index in [2.05, 4.69) is 99.2 Å². The third-order valence-electron chi connectivity index (χ3n) is 12.9. The maximum Gasteiger partial charge on any atom is 0.408 e. The van der Waals surface area contributed by atoms with E-state index >= 15 is 0 Å². The van der Waals surface area contributed by atoms with E-state index in [1.165, 1.54) is 0 Å². The minimum absolute atomic E-state index is 0.182. The summed E-state index contributed by atoms with van der Waals surface area (Å²) in [5.74, 6) is 0.984. The molecule has 3 aromatic heterocycles. The fourth-order valence-corrected chi connectivity index (χ4v) is 9.75. The molecule has 4 aromatic carbocycles. The average molecular weight is 958 g/mol. The Labute approximate surface area is 414 Å². The number of benzene rings is 4. The van der Waals surface area contributed by atoms with Crippen LogP contribution < -0.4 is 10.6 Å². The molecule has 0 unspecified atom stereocenters. The van der Waals surface area contributed by atoms with E-state index in [0.717, 1.165) is 87.0 Å². The number of nitrogens with one attached hydrogen (secondary N) is 5. The zero-order valence-electron chi connectivity index (χ0n) is 41.7. The highest BCUT2D eigenvalue weighted by molar-refractivity contribution is 6.05. The summed E-state index contributed by atoms with van der Waals surface area (Å²) < 4.78 is 10.9. The number of hydrogen-bond donors (Lipinski definition) is 5. The molecular weight excluding hydrogens is 895 g/mol. The van der Waals surface area contributed by atoms with Gasteiger partial charge in [0.25, 0.3) is 5.91 Å². The van der Waals surface area contributed by atoms with Gasteiger partial charge in [-0.3, -0.25) is 9.59 Å². The number of fused-ring (bicyclic) bond motifs is 1. The molecule has 4 amide bonds. The highest BCUT2D eigenvalue weighted by Crippen LogP contribution is 2.42. The van der Waals surface area contributed by atoms with Crippen LogP contribution in [0.15, 0.2) is 109 Å². The van der Waals surface area contributed by atoms with E-state index in [0.29, 0.717) is 30.3 Å². The summed E-state index contributed by atoms with van der Waals surface area (Å²) in [6.45, 7) is 15.6. The number of rotatable bonds is 11. The second-order valence-electron chi connectivity index (χ2n) is 20.7. The number of carbonyl (C=O) groups is 4. The molecule has 368 valence electrons. The molecule has 2 saturated heterocycles. The Morgan fingerprint density at radius 1 is 0.634 bits per heavy atom. The van der Waals surface area contributed by atoms with Gasteiger partial charge in [-0.05, 0) is 115 Å². The van der Waals surface area contributed by atoms with Gasteiger partial charge in [0.05, 0.1) is 41.6 Å². The molecule has 9 rings (SSSR count). The van der Waals surface area contributed by atoms with Crippen molar-refractivity contribution in [1.29, 1.82) is 0 Å². The molecule has 7 aromatic rings. The number of aryl methyl sites for hydroxylation is 1. The van der Waals surface area contributed by atoms with Gasteiger partial charge in [-0.2, -0.15) is 0 Å². The summed E-state index contributed by atoms with van der Waals surface area (Å²) >= 11 is 0. The van der Waals surface area contributed by atoms with Crippen molar-refractivity contribution in [1.82, 2.24) is 45.4 Å². The van der Waals surface area contributed by atoms with Gasteiger partial charge < -0.3 is 44.9 Å². The summed E-state index contributed by atoms with van der Waals surface area (Å²) in [6.07, 6.45) is 5.46. The van der Waals surface area contributed by atoms with Crippen molar-refractivity contribution in [2.24, 2.45) is 0 Å². The molecule has 15 heteroatoms. The van der Waals surface area contributed by atoms with Gasteiger partial charge in [-0.25, -0.2) is 19.6 Å². The molecule has 2 aliphatic rings. The molecule has 71 heavy (non-hydrogen) atoms. The first-order chi connectivity index (χ1) is 33.9. The van der Waals surface area contributed by atoms with Crippen LogP contribution in [0, 0.1) is 6.92 Å². The minimum Gasteiger partial charge on any atom is -0.444 e. The summed E-state index contributed by atoms with van der Waals surface area (Å²) in [6, 6.07) is 30.3. The van der Waals surface area contributed by atoms with Gasteiger partial charge in [-0.1, -0.05) is 90.5 Å². The van der Waals surface area contributed by atoms with Gasteiger partial charge in [0.15, 0.2) is 0 Å². The van der Waals surface area contributed by atoms with Crippen molar-refractivity contribution in [2.45, 2.75) is 116 Å². The van der Waals surface area contributed by atoms with Gasteiger partial charge in [0.2, 0.25) is 5.91 Å². The molecule has 0 aliphatic carbocycles. The average Bonchev–Trinajstić information content (AvgIpc) is 4.19.